The summed E-state index contributed by atoms with van der Waals surface area (Å²) in [5.41, 5.74) is 1.85. The lowest BCUT2D eigenvalue weighted by Crippen LogP contribution is -2.49. The number of halogens is 3. The Bertz CT molecular complexity index is 905. The topological polar surface area (TPSA) is 82.6 Å². The number of carbonyl (C=O) groups is 2. The van der Waals surface area contributed by atoms with E-state index in [2.05, 4.69) is 20.9 Å². The molecule has 0 spiro atoms. The predicted molar refractivity (Wildman–Crippen MR) is 127 cm³/mol. The molecule has 0 saturated heterocycles. The number of alkyl halides is 3. The monoisotopic (exact) mass is 494 g/mol. The Morgan fingerprint density at radius 1 is 0.914 bits per heavy atom. The molecule has 5 unspecified atom stereocenters. The minimum Gasteiger partial charge on any atom is -0.385 e. The molecule has 2 amide bonds. The Balaban J connectivity index is 1.34. The molecule has 6 aliphatic rings. The van der Waals surface area contributed by atoms with Gasteiger partial charge in [-0.25, -0.2) is 0 Å². The Hall–Kier alpha value is -2.06. The minimum absolute atomic E-state index is 0.166. The van der Waals surface area contributed by atoms with Crippen molar-refractivity contribution in [3.8, 4) is 0 Å². The number of carbonyl (C=O) groups excluding carboxylic acids is 2. The van der Waals surface area contributed by atoms with Crippen LogP contribution < -0.4 is 16.0 Å². The molecule has 194 valence electrons. The van der Waals surface area contributed by atoms with Gasteiger partial charge in [-0.05, 0) is 81.5 Å². The quantitative estimate of drug-likeness (QED) is 0.488. The van der Waals surface area contributed by atoms with E-state index in [1.54, 1.807) is 7.05 Å². The van der Waals surface area contributed by atoms with Crippen LogP contribution in [0.5, 0.6) is 0 Å². The van der Waals surface area contributed by atoms with Crippen molar-refractivity contribution in [2.24, 2.45) is 28.7 Å². The standard InChI is InChI=1S/C26H37F3N4O2/c1-30-23(24(34)33-22-16-10-14-9-15(12-16)19(22)11-14)20-13-18(32-25(35)26(27,28)29)7-8-21(20)31-17-5-3-2-4-6-17/h14-19,22,31H,2-13H2,1H3,(H,32,35)(H,33,34)/b30-23+/t14?,15?,16?,18?,19-,22?/m0/s1. The highest BCUT2D eigenvalue weighted by atomic mass is 19.4. The highest BCUT2D eigenvalue weighted by Crippen LogP contribution is 2.58. The molecule has 0 aromatic rings. The number of allylic oxidation sites excluding steroid dienone is 1. The van der Waals surface area contributed by atoms with Crippen LogP contribution in [-0.2, 0) is 9.59 Å². The fourth-order valence-electron chi connectivity index (χ4n) is 7.78. The summed E-state index contributed by atoms with van der Waals surface area (Å²) < 4.78 is 38.7. The molecular weight excluding hydrogens is 457 g/mol. The van der Waals surface area contributed by atoms with E-state index in [0.717, 1.165) is 37.3 Å². The van der Waals surface area contributed by atoms with E-state index in [-0.39, 0.29) is 18.4 Å². The van der Waals surface area contributed by atoms with Crippen molar-refractivity contribution in [2.75, 3.05) is 7.05 Å². The van der Waals surface area contributed by atoms with Crippen LogP contribution in [0.4, 0.5) is 13.2 Å². The average molecular weight is 495 g/mol. The zero-order chi connectivity index (χ0) is 24.7. The first-order valence-corrected chi connectivity index (χ1v) is 13.4. The predicted octanol–water partition coefficient (Wildman–Crippen LogP) is 4.02. The molecule has 0 aromatic carbocycles. The molecule has 6 nitrogen and oxygen atoms in total. The van der Waals surface area contributed by atoms with E-state index in [0.29, 0.717) is 47.9 Å². The molecule has 0 aromatic heterocycles. The largest absolute Gasteiger partial charge is 0.471 e. The number of rotatable bonds is 6. The number of amides is 2. The maximum absolute atomic E-state index is 13.5. The van der Waals surface area contributed by atoms with Gasteiger partial charge in [-0.3, -0.25) is 14.6 Å². The summed E-state index contributed by atoms with van der Waals surface area (Å²) in [5.74, 6) is 0.433. The summed E-state index contributed by atoms with van der Waals surface area (Å²) in [6.45, 7) is 0. The van der Waals surface area contributed by atoms with Crippen LogP contribution in [0.3, 0.4) is 0 Å². The number of aliphatic imine (C=N–C) groups is 1. The fraction of sp³-hybridized carbons (Fsp3) is 0.808. The van der Waals surface area contributed by atoms with Gasteiger partial charge in [0.1, 0.15) is 5.71 Å². The maximum Gasteiger partial charge on any atom is 0.471 e. The van der Waals surface area contributed by atoms with E-state index in [9.17, 15) is 22.8 Å². The first-order valence-electron chi connectivity index (χ1n) is 13.4. The summed E-state index contributed by atoms with van der Waals surface area (Å²) in [4.78, 5) is 29.5. The Labute approximate surface area is 205 Å². The van der Waals surface area contributed by atoms with E-state index in [4.69, 9.17) is 0 Å². The third kappa shape index (κ3) is 5.10. The van der Waals surface area contributed by atoms with E-state index in [1.165, 1.54) is 32.1 Å². The SMILES string of the molecule is C/N=C(/C(=O)NC1C2CC3CC(C2)[C@@H]1C3)C1=C(NC2CCCCC2)CCC(NC(=O)C(F)(F)F)C1. The van der Waals surface area contributed by atoms with Gasteiger partial charge in [0.25, 0.3) is 5.91 Å². The second-order valence-electron chi connectivity index (χ2n) is 11.4. The molecular formula is C26H37F3N4O2. The van der Waals surface area contributed by atoms with Crippen molar-refractivity contribution in [3.05, 3.63) is 11.3 Å². The van der Waals surface area contributed by atoms with Crippen molar-refractivity contribution in [2.45, 2.75) is 101 Å². The van der Waals surface area contributed by atoms with Crippen LogP contribution in [0.15, 0.2) is 16.3 Å². The van der Waals surface area contributed by atoms with Crippen LogP contribution in [0.1, 0.15) is 77.0 Å². The normalized spacial score (nSPS) is 35.4. The van der Waals surface area contributed by atoms with E-state index < -0.39 is 18.1 Å². The molecule has 5 fully saturated rings. The molecule has 6 rings (SSSR count). The first-order chi connectivity index (χ1) is 16.7. The number of nitrogens with zero attached hydrogens (tertiary/aromatic N) is 1. The molecule has 0 aliphatic heterocycles. The summed E-state index contributed by atoms with van der Waals surface area (Å²) in [6, 6.07) is -0.210. The lowest BCUT2D eigenvalue weighted by Gasteiger charge is -2.34. The van der Waals surface area contributed by atoms with Crippen molar-refractivity contribution < 1.29 is 22.8 Å². The zero-order valence-electron chi connectivity index (χ0n) is 20.4. The van der Waals surface area contributed by atoms with Crippen LogP contribution in [-0.4, -0.2) is 48.9 Å². The number of hydrogen-bond acceptors (Lipinski definition) is 4. The summed E-state index contributed by atoms with van der Waals surface area (Å²) in [7, 11) is 1.57. The van der Waals surface area contributed by atoms with Crippen molar-refractivity contribution in [1.82, 2.24) is 16.0 Å². The third-order valence-electron chi connectivity index (χ3n) is 9.21. The second kappa shape index (κ2) is 9.77. The van der Waals surface area contributed by atoms with Gasteiger partial charge in [0.15, 0.2) is 0 Å². The Kier molecular flexibility index (Phi) is 6.87. The lowest BCUT2D eigenvalue weighted by molar-refractivity contribution is -0.174. The molecule has 9 heteroatoms. The minimum atomic E-state index is -4.93. The molecule has 5 saturated carbocycles. The van der Waals surface area contributed by atoms with Gasteiger partial charge in [0.2, 0.25) is 0 Å². The molecule has 35 heavy (non-hydrogen) atoms. The zero-order valence-corrected chi connectivity index (χ0v) is 20.4. The molecule has 0 heterocycles. The fourth-order valence-corrected chi connectivity index (χ4v) is 7.78. The second-order valence-corrected chi connectivity index (χ2v) is 11.4. The molecule has 0 radical (unpaired) electrons. The number of nitrogens with one attached hydrogen (secondary N) is 3. The van der Waals surface area contributed by atoms with Gasteiger partial charge in [-0.1, -0.05) is 19.3 Å². The van der Waals surface area contributed by atoms with Gasteiger partial charge in [-0.2, -0.15) is 13.2 Å². The van der Waals surface area contributed by atoms with Crippen LogP contribution in [0, 0.1) is 23.7 Å². The molecule has 4 bridgehead atoms. The first kappa shape index (κ1) is 24.6. The highest BCUT2D eigenvalue weighted by Gasteiger charge is 2.54. The van der Waals surface area contributed by atoms with Gasteiger partial charge in [0, 0.05) is 36.4 Å². The van der Waals surface area contributed by atoms with Crippen LogP contribution >= 0.6 is 0 Å². The van der Waals surface area contributed by atoms with Gasteiger partial charge in [-0.15, -0.1) is 0 Å². The smallest absolute Gasteiger partial charge is 0.385 e. The number of hydrogen-bond donors (Lipinski definition) is 3. The van der Waals surface area contributed by atoms with Crippen LogP contribution in [0.2, 0.25) is 0 Å². The Morgan fingerprint density at radius 2 is 1.66 bits per heavy atom. The maximum atomic E-state index is 13.5. The summed E-state index contributed by atoms with van der Waals surface area (Å²) in [5, 5.41) is 9.04. The average Bonchev–Trinajstić information content (AvgIpc) is 3.23. The highest BCUT2D eigenvalue weighted by molar-refractivity contribution is 6.45. The molecule has 6 aliphatic carbocycles. The van der Waals surface area contributed by atoms with E-state index in [1.807, 2.05) is 0 Å². The summed E-state index contributed by atoms with van der Waals surface area (Å²) in [6.07, 6.45) is 6.55. The van der Waals surface area contributed by atoms with Gasteiger partial charge >= 0.3 is 12.1 Å². The summed E-state index contributed by atoms with van der Waals surface area (Å²) >= 11 is 0. The van der Waals surface area contributed by atoms with Crippen LogP contribution in [0.25, 0.3) is 0 Å². The van der Waals surface area contributed by atoms with E-state index >= 15 is 0 Å². The lowest BCUT2D eigenvalue weighted by atomic mass is 9.79. The van der Waals surface area contributed by atoms with Gasteiger partial charge in [0.05, 0.1) is 0 Å². The Morgan fingerprint density at radius 3 is 2.34 bits per heavy atom. The van der Waals surface area contributed by atoms with Gasteiger partial charge < -0.3 is 16.0 Å². The molecule has 3 N–H and O–H groups in total. The van der Waals surface area contributed by atoms with Crippen molar-refractivity contribution >= 4 is 17.5 Å². The van der Waals surface area contributed by atoms with Crippen molar-refractivity contribution in [1.29, 1.82) is 0 Å². The molecule has 6 atom stereocenters. The third-order valence-corrected chi connectivity index (χ3v) is 9.21. The van der Waals surface area contributed by atoms with Crippen molar-refractivity contribution in [3.63, 3.8) is 0 Å².